The lowest BCUT2D eigenvalue weighted by molar-refractivity contribution is 0.546. The number of benzene rings is 1. The third-order valence-corrected chi connectivity index (χ3v) is 4.55. The zero-order valence-corrected chi connectivity index (χ0v) is 13.6. The number of aromatic nitrogens is 2. The molecule has 0 saturated heterocycles. The first-order valence-electron chi connectivity index (χ1n) is 6.99. The van der Waals surface area contributed by atoms with Gasteiger partial charge in [0.15, 0.2) is 0 Å². The van der Waals surface area contributed by atoms with Crippen molar-refractivity contribution in [1.29, 1.82) is 0 Å². The molecule has 3 rings (SSSR count). The Labute approximate surface area is 128 Å². The SMILES string of the molecule is Cc1c(N)nc(C(C)(C)C)nc1-c1cccc2ccsc12. The first-order valence-corrected chi connectivity index (χ1v) is 7.87. The van der Waals surface area contributed by atoms with Crippen molar-refractivity contribution in [2.24, 2.45) is 0 Å². The van der Waals surface area contributed by atoms with E-state index in [1.54, 1.807) is 11.3 Å². The van der Waals surface area contributed by atoms with Crippen molar-refractivity contribution >= 4 is 27.2 Å². The summed E-state index contributed by atoms with van der Waals surface area (Å²) in [6, 6.07) is 8.44. The summed E-state index contributed by atoms with van der Waals surface area (Å²) in [5, 5.41) is 3.35. The Morgan fingerprint density at radius 1 is 1.10 bits per heavy atom. The van der Waals surface area contributed by atoms with Gasteiger partial charge in [-0.2, -0.15) is 0 Å². The summed E-state index contributed by atoms with van der Waals surface area (Å²) in [5.74, 6) is 1.35. The van der Waals surface area contributed by atoms with Crippen molar-refractivity contribution in [2.45, 2.75) is 33.1 Å². The second-order valence-corrected chi connectivity index (χ2v) is 7.22. The van der Waals surface area contributed by atoms with Gasteiger partial charge in [-0.15, -0.1) is 11.3 Å². The summed E-state index contributed by atoms with van der Waals surface area (Å²) in [7, 11) is 0. The maximum absolute atomic E-state index is 6.13. The van der Waals surface area contributed by atoms with E-state index in [1.807, 2.05) is 6.92 Å². The molecular formula is C17H19N3S. The minimum atomic E-state index is -0.125. The molecular weight excluding hydrogens is 278 g/mol. The minimum Gasteiger partial charge on any atom is -0.383 e. The topological polar surface area (TPSA) is 51.8 Å². The third kappa shape index (κ3) is 2.40. The lowest BCUT2D eigenvalue weighted by atomic mass is 9.94. The van der Waals surface area contributed by atoms with E-state index in [0.717, 1.165) is 22.6 Å². The highest BCUT2D eigenvalue weighted by Crippen LogP contribution is 2.35. The first-order chi connectivity index (χ1) is 9.88. The van der Waals surface area contributed by atoms with Gasteiger partial charge in [0.05, 0.1) is 5.69 Å². The van der Waals surface area contributed by atoms with Crippen LogP contribution in [0.1, 0.15) is 32.2 Å². The molecule has 0 saturated carbocycles. The Balaban J connectivity index is 2.32. The molecule has 0 aliphatic rings. The molecule has 0 fully saturated rings. The lowest BCUT2D eigenvalue weighted by Gasteiger charge is -2.19. The molecule has 2 N–H and O–H groups in total. The molecule has 0 unspecified atom stereocenters. The van der Waals surface area contributed by atoms with Gasteiger partial charge in [-0.25, -0.2) is 9.97 Å². The van der Waals surface area contributed by atoms with Gasteiger partial charge in [0.2, 0.25) is 0 Å². The zero-order valence-electron chi connectivity index (χ0n) is 12.8. The van der Waals surface area contributed by atoms with Gasteiger partial charge in [-0.1, -0.05) is 39.0 Å². The molecule has 0 bridgehead atoms. The highest BCUT2D eigenvalue weighted by molar-refractivity contribution is 7.17. The van der Waals surface area contributed by atoms with Crippen LogP contribution in [0.3, 0.4) is 0 Å². The van der Waals surface area contributed by atoms with E-state index in [0.29, 0.717) is 5.82 Å². The van der Waals surface area contributed by atoms with Gasteiger partial charge in [0.1, 0.15) is 11.6 Å². The largest absolute Gasteiger partial charge is 0.383 e. The molecule has 3 nitrogen and oxygen atoms in total. The van der Waals surface area contributed by atoms with Gasteiger partial charge in [0, 0.05) is 21.2 Å². The van der Waals surface area contributed by atoms with Gasteiger partial charge in [-0.3, -0.25) is 0 Å². The molecule has 0 amide bonds. The van der Waals surface area contributed by atoms with Crippen molar-refractivity contribution in [3.05, 3.63) is 41.0 Å². The highest BCUT2D eigenvalue weighted by Gasteiger charge is 2.21. The zero-order chi connectivity index (χ0) is 15.2. The van der Waals surface area contributed by atoms with Crippen molar-refractivity contribution in [1.82, 2.24) is 9.97 Å². The molecule has 3 aromatic rings. The Kier molecular flexibility index (Phi) is 3.21. The number of fused-ring (bicyclic) bond motifs is 1. The van der Waals surface area contributed by atoms with E-state index in [1.165, 1.54) is 10.1 Å². The monoisotopic (exact) mass is 297 g/mol. The average molecular weight is 297 g/mol. The minimum absolute atomic E-state index is 0.125. The molecule has 2 heterocycles. The molecule has 0 atom stereocenters. The summed E-state index contributed by atoms with van der Waals surface area (Å²) in [4.78, 5) is 9.29. The number of anilines is 1. The predicted octanol–water partition coefficient (Wildman–Crippen LogP) is 4.55. The number of thiophene rings is 1. The fourth-order valence-corrected chi connectivity index (χ4v) is 3.23. The van der Waals surface area contributed by atoms with Crippen LogP contribution in [-0.2, 0) is 5.41 Å². The number of nitrogen functional groups attached to an aromatic ring is 1. The van der Waals surface area contributed by atoms with Gasteiger partial charge in [0.25, 0.3) is 0 Å². The Morgan fingerprint density at radius 2 is 1.86 bits per heavy atom. The average Bonchev–Trinajstić information content (AvgIpc) is 2.88. The summed E-state index contributed by atoms with van der Waals surface area (Å²) in [6.45, 7) is 8.30. The fourth-order valence-electron chi connectivity index (χ4n) is 2.31. The number of nitrogens with zero attached hydrogens (tertiary/aromatic N) is 2. The molecule has 4 heteroatoms. The number of rotatable bonds is 1. The summed E-state index contributed by atoms with van der Waals surface area (Å²) >= 11 is 1.74. The normalized spacial score (nSPS) is 12.0. The van der Waals surface area contributed by atoms with E-state index in [9.17, 15) is 0 Å². The van der Waals surface area contributed by atoms with E-state index in [2.05, 4.69) is 55.4 Å². The summed E-state index contributed by atoms with van der Waals surface area (Å²) in [5.41, 5.74) is 9.03. The van der Waals surface area contributed by atoms with Crippen LogP contribution in [0.25, 0.3) is 21.3 Å². The molecule has 2 aromatic heterocycles. The van der Waals surface area contributed by atoms with Gasteiger partial charge < -0.3 is 5.73 Å². The van der Waals surface area contributed by atoms with Crippen LogP contribution in [-0.4, -0.2) is 9.97 Å². The first kappa shape index (κ1) is 14.0. The predicted molar refractivity (Wildman–Crippen MR) is 90.7 cm³/mol. The van der Waals surface area contributed by atoms with Crippen LogP contribution in [0.4, 0.5) is 5.82 Å². The molecule has 0 aliphatic carbocycles. The van der Waals surface area contributed by atoms with Gasteiger partial charge in [-0.05, 0) is 23.8 Å². The van der Waals surface area contributed by atoms with E-state index in [-0.39, 0.29) is 5.41 Å². The van der Waals surface area contributed by atoms with Crippen LogP contribution in [0.2, 0.25) is 0 Å². The standard InChI is InChI=1S/C17H19N3S/c1-10-13(19-16(17(2,3)4)20-15(10)18)12-7-5-6-11-8-9-21-14(11)12/h5-9H,1-4H3,(H2,18,19,20). The fraction of sp³-hybridized carbons (Fsp3) is 0.294. The second-order valence-electron chi connectivity index (χ2n) is 6.30. The van der Waals surface area contributed by atoms with Crippen LogP contribution in [0, 0.1) is 6.92 Å². The van der Waals surface area contributed by atoms with Crippen LogP contribution >= 0.6 is 11.3 Å². The molecule has 0 radical (unpaired) electrons. The molecule has 0 aliphatic heterocycles. The number of hydrogen-bond donors (Lipinski definition) is 1. The second kappa shape index (κ2) is 4.81. The van der Waals surface area contributed by atoms with Crippen molar-refractivity contribution in [2.75, 3.05) is 5.73 Å². The highest BCUT2D eigenvalue weighted by atomic mass is 32.1. The van der Waals surface area contributed by atoms with Crippen LogP contribution < -0.4 is 5.73 Å². The summed E-state index contributed by atoms with van der Waals surface area (Å²) in [6.07, 6.45) is 0. The van der Waals surface area contributed by atoms with Crippen LogP contribution in [0.5, 0.6) is 0 Å². The molecule has 108 valence electrons. The van der Waals surface area contributed by atoms with E-state index < -0.39 is 0 Å². The lowest BCUT2D eigenvalue weighted by Crippen LogP contribution is -2.18. The maximum Gasteiger partial charge on any atom is 0.136 e. The van der Waals surface area contributed by atoms with E-state index >= 15 is 0 Å². The molecule has 21 heavy (non-hydrogen) atoms. The Morgan fingerprint density at radius 3 is 2.57 bits per heavy atom. The maximum atomic E-state index is 6.13. The number of hydrogen-bond acceptors (Lipinski definition) is 4. The van der Waals surface area contributed by atoms with Crippen molar-refractivity contribution in [3.63, 3.8) is 0 Å². The Hall–Kier alpha value is -1.94. The van der Waals surface area contributed by atoms with Crippen LogP contribution in [0.15, 0.2) is 29.6 Å². The summed E-state index contributed by atoms with van der Waals surface area (Å²) < 4.78 is 1.25. The van der Waals surface area contributed by atoms with E-state index in [4.69, 9.17) is 10.7 Å². The molecule has 0 spiro atoms. The molecule has 1 aromatic carbocycles. The Bertz CT molecular complexity index is 813. The van der Waals surface area contributed by atoms with Crippen molar-refractivity contribution in [3.8, 4) is 11.3 Å². The number of nitrogens with two attached hydrogens (primary N) is 1. The smallest absolute Gasteiger partial charge is 0.136 e. The quantitative estimate of drug-likeness (QED) is 0.717. The third-order valence-electron chi connectivity index (χ3n) is 3.59. The van der Waals surface area contributed by atoms with Crippen molar-refractivity contribution < 1.29 is 0 Å². The van der Waals surface area contributed by atoms with Gasteiger partial charge >= 0.3 is 0 Å².